The zero-order chi connectivity index (χ0) is 16.3. The molecule has 0 saturated heterocycles. The molecule has 6 heteroatoms. The van der Waals surface area contributed by atoms with Crippen LogP contribution in [0.15, 0.2) is 42.5 Å². The smallest absolute Gasteiger partial charge is 0.350 e. The van der Waals surface area contributed by atoms with Crippen molar-refractivity contribution in [2.45, 2.75) is 13.8 Å². The number of ether oxygens (including phenoxy) is 1. The number of para-hydroxylation sites is 1. The van der Waals surface area contributed by atoms with Crippen LogP contribution >= 0.6 is 0 Å². The number of carbonyl (C=O) groups is 2. The molecule has 0 aliphatic carbocycles. The van der Waals surface area contributed by atoms with Crippen molar-refractivity contribution in [3.05, 3.63) is 69.3 Å². The Kier molecular flexibility index (Phi) is 4.31. The molecule has 2 rings (SSSR count). The first-order chi connectivity index (χ1) is 10.4. The molecule has 2 aromatic carbocycles. The van der Waals surface area contributed by atoms with Gasteiger partial charge in [-0.1, -0.05) is 12.1 Å². The van der Waals surface area contributed by atoms with Crippen molar-refractivity contribution in [2.75, 3.05) is 0 Å². The second-order valence-electron chi connectivity index (χ2n) is 4.70. The summed E-state index contributed by atoms with van der Waals surface area (Å²) in [5, 5.41) is 11.1. The molecule has 0 atom stereocenters. The number of benzene rings is 2. The Morgan fingerprint density at radius 2 is 1.73 bits per heavy atom. The summed E-state index contributed by atoms with van der Waals surface area (Å²) >= 11 is 0. The van der Waals surface area contributed by atoms with Gasteiger partial charge in [-0.2, -0.15) is 0 Å². The molecule has 0 aromatic heterocycles. The molecule has 0 aliphatic rings. The third-order valence-electron chi connectivity index (χ3n) is 3.11. The Balaban J connectivity index is 2.28. The van der Waals surface area contributed by atoms with Gasteiger partial charge in [0.1, 0.15) is 11.3 Å². The molecular formula is C16H13NO5. The number of nitro benzene ring substituents is 1. The predicted octanol–water partition coefficient (Wildman–Crippen LogP) is 3.33. The fourth-order valence-electron chi connectivity index (χ4n) is 1.99. The van der Waals surface area contributed by atoms with E-state index in [0.717, 1.165) is 0 Å². The molecule has 0 heterocycles. The van der Waals surface area contributed by atoms with Gasteiger partial charge < -0.3 is 4.74 Å². The van der Waals surface area contributed by atoms with E-state index in [1.165, 1.54) is 37.3 Å². The second-order valence-corrected chi connectivity index (χ2v) is 4.70. The third kappa shape index (κ3) is 3.17. The molecule has 0 radical (unpaired) electrons. The topological polar surface area (TPSA) is 86.5 Å². The highest BCUT2D eigenvalue weighted by Crippen LogP contribution is 2.24. The lowest BCUT2D eigenvalue weighted by atomic mass is 10.1. The standard InChI is InChI=1S/C16H13NO5/c1-10-4-3-5-14(15(10)17(20)21)16(19)22-13-8-6-12(7-9-13)11(2)18/h3-9H,1-2H3. The molecule has 0 amide bonds. The molecule has 2 aromatic rings. The van der Waals surface area contributed by atoms with Crippen molar-refractivity contribution < 1.29 is 19.2 Å². The summed E-state index contributed by atoms with van der Waals surface area (Å²) in [7, 11) is 0. The van der Waals surface area contributed by atoms with Gasteiger partial charge in [0.05, 0.1) is 4.92 Å². The summed E-state index contributed by atoms with van der Waals surface area (Å²) in [5.41, 5.74) is 0.487. The van der Waals surface area contributed by atoms with E-state index < -0.39 is 10.9 Å². The van der Waals surface area contributed by atoms with Crippen LogP contribution in [0.25, 0.3) is 0 Å². The Bertz CT molecular complexity index is 750. The molecule has 0 spiro atoms. The largest absolute Gasteiger partial charge is 0.423 e. The van der Waals surface area contributed by atoms with Gasteiger partial charge >= 0.3 is 5.97 Å². The summed E-state index contributed by atoms with van der Waals surface area (Å²) < 4.78 is 5.13. The van der Waals surface area contributed by atoms with Gasteiger partial charge in [0.25, 0.3) is 5.69 Å². The maximum absolute atomic E-state index is 12.1. The molecule has 22 heavy (non-hydrogen) atoms. The Morgan fingerprint density at radius 1 is 1.09 bits per heavy atom. The Labute approximate surface area is 126 Å². The van der Waals surface area contributed by atoms with Gasteiger partial charge in [0, 0.05) is 11.1 Å². The summed E-state index contributed by atoms with van der Waals surface area (Å²) in [5.74, 6) is -0.705. The van der Waals surface area contributed by atoms with Crippen molar-refractivity contribution in [1.82, 2.24) is 0 Å². The van der Waals surface area contributed by atoms with Gasteiger partial charge in [-0.25, -0.2) is 4.79 Å². The average Bonchev–Trinajstić information content (AvgIpc) is 2.47. The zero-order valence-corrected chi connectivity index (χ0v) is 12.0. The predicted molar refractivity (Wildman–Crippen MR) is 79.2 cm³/mol. The maximum atomic E-state index is 12.1. The number of Topliss-reactive ketones (excluding diaryl/α,β-unsaturated/α-hetero) is 1. The summed E-state index contributed by atoms with van der Waals surface area (Å²) in [6, 6.07) is 10.4. The number of nitro groups is 1. The first kappa shape index (κ1) is 15.4. The van der Waals surface area contributed by atoms with Crippen molar-refractivity contribution in [3.8, 4) is 5.75 Å². The van der Waals surface area contributed by atoms with Crippen LogP contribution in [0.4, 0.5) is 5.69 Å². The summed E-state index contributed by atoms with van der Waals surface area (Å²) in [4.78, 5) is 33.8. The van der Waals surface area contributed by atoms with E-state index in [0.29, 0.717) is 11.1 Å². The number of carbonyl (C=O) groups excluding carboxylic acids is 2. The van der Waals surface area contributed by atoms with Gasteiger partial charge in [0.2, 0.25) is 0 Å². The van der Waals surface area contributed by atoms with E-state index in [4.69, 9.17) is 4.74 Å². The highest BCUT2D eigenvalue weighted by atomic mass is 16.6. The van der Waals surface area contributed by atoms with Crippen LogP contribution in [0, 0.1) is 17.0 Å². The van der Waals surface area contributed by atoms with Gasteiger partial charge in [-0.15, -0.1) is 0 Å². The molecular weight excluding hydrogens is 286 g/mol. The monoisotopic (exact) mass is 299 g/mol. The Morgan fingerprint density at radius 3 is 2.27 bits per heavy atom. The number of esters is 1. The maximum Gasteiger partial charge on any atom is 0.350 e. The molecule has 0 aliphatic heterocycles. The van der Waals surface area contributed by atoms with Crippen molar-refractivity contribution in [2.24, 2.45) is 0 Å². The lowest BCUT2D eigenvalue weighted by Gasteiger charge is -2.06. The van der Waals surface area contributed by atoms with E-state index in [1.807, 2.05) is 0 Å². The van der Waals surface area contributed by atoms with Crippen LogP contribution in [-0.2, 0) is 0 Å². The molecule has 6 nitrogen and oxygen atoms in total. The summed E-state index contributed by atoms with van der Waals surface area (Å²) in [6.07, 6.45) is 0. The first-order valence-electron chi connectivity index (χ1n) is 6.47. The van der Waals surface area contributed by atoms with E-state index in [1.54, 1.807) is 19.1 Å². The van der Waals surface area contributed by atoms with E-state index in [2.05, 4.69) is 0 Å². The molecule has 0 bridgehead atoms. The van der Waals surface area contributed by atoms with E-state index in [-0.39, 0.29) is 22.8 Å². The second kappa shape index (κ2) is 6.17. The SMILES string of the molecule is CC(=O)c1ccc(OC(=O)c2cccc(C)c2[N+](=O)[O-])cc1. The molecule has 0 fully saturated rings. The van der Waals surface area contributed by atoms with E-state index in [9.17, 15) is 19.7 Å². The zero-order valence-electron chi connectivity index (χ0n) is 12.0. The minimum atomic E-state index is -0.814. The molecule has 0 unspecified atom stereocenters. The van der Waals surface area contributed by atoms with Crippen molar-refractivity contribution in [3.63, 3.8) is 0 Å². The molecule has 112 valence electrons. The highest BCUT2D eigenvalue weighted by Gasteiger charge is 2.23. The van der Waals surface area contributed by atoms with Crippen molar-refractivity contribution in [1.29, 1.82) is 0 Å². The van der Waals surface area contributed by atoms with E-state index >= 15 is 0 Å². The number of nitrogens with zero attached hydrogens (tertiary/aromatic N) is 1. The van der Waals surface area contributed by atoms with Crippen LogP contribution < -0.4 is 4.74 Å². The molecule has 0 saturated carbocycles. The highest BCUT2D eigenvalue weighted by molar-refractivity contribution is 5.96. The number of hydrogen-bond donors (Lipinski definition) is 0. The average molecular weight is 299 g/mol. The fourth-order valence-corrected chi connectivity index (χ4v) is 1.99. The van der Waals surface area contributed by atoms with Gasteiger partial charge in [0.15, 0.2) is 5.78 Å². The first-order valence-corrected chi connectivity index (χ1v) is 6.47. The van der Waals surface area contributed by atoms with Crippen molar-refractivity contribution >= 4 is 17.4 Å². The minimum Gasteiger partial charge on any atom is -0.423 e. The molecule has 0 N–H and O–H groups in total. The number of ketones is 1. The lowest BCUT2D eigenvalue weighted by Crippen LogP contribution is -2.12. The quantitative estimate of drug-likeness (QED) is 0.284. The number of hydrogen-bond acceptors (Lipinski definition) is 5. The van der Waals surface area contributed by atoms with Crippen LogP contribution in [-0.4, -0.2) is 16.7 Å². The Hall–Kier alpha value is -3.02. The van der Waals surface area contributed by atoms with Crippen LogP contribution in [0.2, 0.25) is 0 Å². The number of rotatable bonds is 4. The van der Waals surface area contributed by atoms with Gasteiger partial charge in [-0.05, 0) is 44.2 Å². The van der Waals surface area contributed by atoms with Crippen LogP contribution in [0.5, 0.6) is 5.75 Å². The normalized spacial score (nSPS) is 10.1. The van der Waals surface area contributed by atoms with Gasteiger partial charge in [-0.3, -0.25) is 14.9 Å². The minimum absolute atomic E-state index is 0.104. The fraction of sp³-hybridized carbons (Fsp3) is 0.125. The lowest BCUT2D eigenvalue weighted by molar-refractivity contribution is -0.385. The summed E-state index contributed by atoms with van der Waals surface area (Å²) in [6.45, 7) is 2.98. The third-order valence-corrected chi connectivity index (χ3v) is 3.11. The van der Waals surface area contributed by atoms with Crippen LogP contribution in [0.1, 0.15) is 33.2 Å². The number of aryl methyl sites for hydroxylation is 1. The van der Waals surface area contributed by atoms with Crippen LogP contribution in [0.3, 0.4) is 0 Å².